The molecule has 2 heterocycles. The molecular weight excluding hydrogens is 382 g/mol. The Hall–Kier alpha value is -2.18. The second-order valence-corrected chi connectivity index (χ2v) is 8.30. The van der Waals surface area contributed by atoms with Crippen molar-refractivity contribution in [3.63, 3.8) is 0 Å². The monoisotopic (exact) mass is 403 g/mol. The van der Waals surface area contributed by atoms with E-state index >= 15 is 0 Å². The minimum absolute atomic E-state index is 0.147. The maximum atomic E-state index is 13.1. The third kappa shape index (κ3) is 4.39. The molecule has 142 valence electrons. The van der Waals surface area contributed by atoms with Crippen molar-refractivity contribution in [2.45, 2.75) is 39.3 Å². The molecule has 0 radical (unpaired) electrons. The lowest BCUT2D eigenvalue weighted by Gasteiger charge is -2.18. The van der Waals surface area contributed by atoms with E-state index in [9.17, 15) is 9.59 Å². The summed E-state index contributed by atoms with van der Waals surface area (Å²) in [6, 6.07) is 10.9. The first-order valence-corrected chi connectivity index (χ1v) is 10.2. The highest BCUT2D eigenvalue weighted by Gasteiger charge is 2.20. The normalized spacial score (nSPS) is 11.1. The predicted molar refractivity (Wildman–Crippen MR) is 111 cm³/mol. The van der Waals surface area contributed by atoms with Gasteiger partial charge in [-0.2, -0.15) is 5.10 Å². The SMILES string of the molecule is CCCCCn1nc(C(=O)N(C)Cc2ccc(Cl)s2)c2ccccc2c1=O. The summed E-state index contributed by atoms with van der Waals surface area (Å²) < 4.78 is 2.13. The summed E-state index contributed by atoms with van der Waals surface area (Å²) in [7, 11) is 1.74. The van der Waals surface area contributed by atoms with Crippen molar-refractivity contribution in [1.82, 2.24) is 14.7 Å². The number of halogens is 1. The van der Waals surface area contributed by atoms with Crippen LogP contribution >= 0.6 is 22.9 Å². The van der Waals surface area contributed by atoms with E-state index in [4.69, 9.17) is 11.6 Å². The van der Waals surface area contributed by atoms with Gasteiger partial charge in [-0.25, -0.2) is 4.68 Å². The fraction of sp³-hybridized carbons (Fsp3) is 0.350. The molecule has 3 aromatic rings. The second kappa shape index (κ2) is 8.67. The molecule has 7 heteroatoms. The van der Waals surface area contributed by atoms with Crippen LogP contribution in [0.4, 0.5) is 0 Å². The molecule has 0 saturated carbocycles. The zero-order valence-corrected chi connectivity index (χ0v) is 17.0. The number of benzene rings is 1. The van der Waals surface area contributed by atoms with Crippen LogP contribution in [0, 0.1) is 0 Å². The van der Waals surface area contributed by atoms with Gasteiger partial charge in [0.15, 0.2) is 5.69 Å². The van der Waals surface area contributed by atoms with Crippen LogP contribution in [0.15, 0.2) is 41.2 Å². The number of fused-ring (bicyclic) bond motifs is 1. The Morgan fingerprint density at radius 2 is 1.93 bits per heavy atom. The number of amides is 1. The van der Waals surface area contributed by atoms with Crippen molar-refractivity contribution in [2.75, 3.05) is 7.05 Å². The third-order valence-corrected chi connectivity index (χ3v) is 5.63. The molecule has 1 amide bonds. The second-order valence-electron chi connectivity index (χ2n) is 6.50. The Morgan fingerprint density at radius 1 is 1.19 bits per heavy atom. The Morgan fingerprint density at radius 3 is 2.59 bits per heavy atom. The summed E-state index contributed by atoms with van der Waals surface area (Å²) in [5.74, 6) is -0.208. The summed E-state index contributed by atoms with van der Waals surface area (Å²) in [5, 5.41) is 5.55. The quantitative estimate of drug-likeness (QED) is 0.543. The fourth-order valence-electron chi connectivity index (χ4n) is 2.98. The van der Waals surface area contributed by atoms with Crippen molar-refractivity contribution in [2.24, 2.45) is 0 Å². The summed E-state index contributed by atoms with van der Waals surface area (Å²) in [5.41, 5.74) is 0.165. The smallest absolute Gasteiger partial charge is 0.275 e. The minimum atomic E-state index is -0.208. The number of carbonyl (C=O) groups excluding carboxylic acids is 1. The molecule has 3 rings (SSSR count). The maximum Gasteiger partial charge on any atom is 0.275 e. The molecule has 0 aliphatic rings. The van der Waals surface area contributed by atoms with Gasteiger partial charge >= 0.3 is 0 Å². The Bertz CT molecular complexity index is 1010. The molecule has 0 aliphatic carbocycles. The van der Waals surface area contributed by atoms with Gasteiger partial charge in [0.25, 0.3) is 11.5 Å². The molecule has 0 atom stereocenters. The summed E-state index contributed by atoms with van der Waals surface area (Å²) in [6.45, 7) is 3.07. The van der Waals surface area contributed by atoms with Crippen LogP contribution in [-0.4, -0.2) is 27.6 Å². The number of rotatable bonds is 7. The zero-order chi connectivity index (χ0) is 19.4. The predicted octanol–water partition coefficient (Wildman–Crippen LogP) is 4.57. The van der Waals surface area contributed by atoms with E-state index in [1.807, 2.05) is 24.3 Å². The molecule has 5 nitrogen and oxygen atoms in total. The third-order valence-electron chi connectivity index (χ3n) is 4.41. The van der Waals surface area contributed by atoms with E-state index in [2.05, 4.69) is 12.0 Å². The van der Waals surface area contributed by atoms with Gasteiger partial charge in [-0.1, -0.05) is 49.6 Å². The van der Waals surface area contributed by atoms with Gasteiger partial charge < -0.3 is 4.90 Å². The molecule has 0 saturated heterocycles. The Kier molecular flexibility index (Phi) is 6.29. The molecule has 27 heavy (non-hydrogen) atoms. The van der Waals surface area contributed by atoms with Crippen LogP contribution in [0.2, 0.25) is 4.34 Å². The fourth-order valence-corrected chi connectivity index (χ4v) is 4.12. The van der Waals surface area contributed by atoms with E-state index < -0.39 is 0 Å². The summed E-state index contributed by atoms with van der Waals surface area (Å²) in [6.07, 6.45) is 2.93. The topological polar surface area (TPSA) is 55.2 Å². The molecule has 0 N–H and O–H groups in total. The molecule has 1 aromatic carbocycles. The van der Waals surface area contributed by atoms with Crippen molar-refractivity contribution in [1.29, 1.82) is 0 Å². The number of thiophene rings is 1. The highest BCUT2D eigenvalue weighted by Crippen LogP contribution is 2.23. The van der Waals surface area contributed by atoms with Gasteiger partial charge in [-0.3, -0.25) is 9.59 Å². The van der Waals surface area contributed by atoms with Gasteiger partial charge in [0.1, 0.15) is 0 Å². The minimum Gasteiger partial charge on any atom is -0.335 e. The molecule has 0 spiro atoms. The van der Waals surface area contributed by atoms with E-state index in [1.54, 1.807) is 24.1 Å². The van der Waals surface area contributed by atoms with Gasteiger partial charge in [0, 0.05) is 23.9 Å². The molecule has 0 fully saturated rings. The van der Waals surface area contributed by atoms with Gasteiger partial charge in [0.05, 0.1) is 16.3 Å². The average Bonchev–Trinajstić information content (AvgIpc) is 3.08. The number of nitrogens with zero attached hydrogens (tertiary/aromatic N) is 3. The van der Waals surface area contributed by atoms with Crippen LogP contribution in [0.3, 0.4) is 0 Å². The number of hydrogen-bond acceptors (Lipinski definition) is 4. The molecule has 0 aliphatic heterocycles. The average molecular weight is 404 g/mol. The van der Waals surface area contributed by atoms with E-state index in [0.29, 0.717) is 33.9 Å². The molecule has 0 bridgehead atoms. The van der Waals surface area contributed by atoms with Crippen molar-refractivity contribution in [3.8, 4) is 0 Å². The number of hydrogen-bond donors (Lipinski definition) is 0. The molecular formula is C20H22ClN3O2S. The van der Waals surface area contributed by atoms with Crippen molar-refractivity contribution in [3.05, 3.63) is 61.7 Å². The van der Waals surface area contributed by atoms with Gasteiger partial charge in [-0.15, -0.1) is 11.3 Å². The van der Waals surface area contributed by atoms with Gasteiger partial charge in [-0.05, 0) is 24.6 Å². The lowest BCUT2D eigenvalue weighted by atomic mass is 10.1. The first kappa shape index (κ1) is 19.6. The summed E-state index contributed by atoms with van der Waals surface area (Å²) in [4.78, 5) is 28.4. The number of aromatic nitrogens is 2. The Balaban J connectivity index is 1.97. The largest absolute Gasteiger partial charge is 0.335 e. The number of unbranched alkanes of at least 4 members (excludes halogenated alkanes) is 2. The van der Waals surface area contributed by atoms with E-state index in [1.165, 1.54) is 16.0 Å². The van der Waals surface area contributed by atoms with Crippen LogP contribution in [0.1, 0.15) is 41.6 Å². The first-order valence-electron chi connectivity index (χ1n) is 9.00. The van der Waals surface area contributed by atoms with Crippen molar-refractivity contribution < 1.29 is 4.79 Å². The number of aryl methyl sites for hydroxylation is 1. The van der Waals surface area contributed by atoms with Crippen LogP contribution in [-0.2, 0) is 13.1 Å². The highest BCUT2D eigenvalue weighted by molar-refractivity contribution is 7.16. The van der Waals surface area contributed by atoms with Gasteiger partial charge in [0.2, 0.25) is 0 Å². The molecule has 0 unspecified atom stereocenters. The van der Waals surface area contributed by atoms with Crippen molar-refractivity contribution >= 4 is 39.6 Å². The molecule has 2 aromatic heterocycles. The lowest BCUT2D eigenvalue weighted by molar-refractivity contribution is 0.0780. The highest BCUT2D eigenvalue weighted by atomic mass is 35.5. The standard InChI is InChI=1S/C20H22ClN3O2S/c1-3-4-7-12-24-19(25)16-9-6-5-8-15(16)18(22-24)20(26)23(2)13-14-10-11-17(21)27-14/h5-6,8-11H,3-4,7,12-13H2,1-2H3. The lowest BCUT2D eigenvalue weighted by Crippen LogP contribution is -2.31. The number of carbonyl (C=O) groups is 1. The van der Waals surface area contributed by atoms with Crippen LogP contribution in [0.5, 0.6) is 0 Å². The Labute approximate surface area is 167 Å². The maximum absolute atomic E-state index is 13.1. The zero-order valence-electron chi connectivity index (χ0n) is 15.4. The van der Waals surface area contributed by atoms with Crippen LogP contribution < -0.4 is 5.56 Å². The first-order chi connectivity index (χ1) is 13.0. The summed E-state index contributed by atoms with van der Waals surface area (Å²) >= 11 is 7.43. The van der Waals surface area contributed by atoms with Crippen LogP contribution in [0.25, 0.3) is 10.8 Å². The van der Waals surface area contributed by atoms with E-state index in [0.717, 1.165) is 24.1 Å². The van der Waals surface area contributed by atoms with E-state index in [-0.39, 0.29) is 11.5 Å².